The maximum atomic E-state index is 5.65. The van der Waals surface area contributed by atoms with E-state index in [1.54, 1.807) is 21.3 Å². The molecule has 0 bridgehead atoms. The molecule has 28 heavy (non-hydrogen) atoms. The number of nitrogens with one attached hydrogen (secondary N) is 2. The van der Waals surface area contributed by atoms with Crippen molar-refractivity contribution in [1.29, 1.82) is 0 Å². The Balaban J connectivity index is 0.00000392. The van der Waals surface area contributed by atoms with E-state index in [0.717, 1.165) is 28.6 Å². The van der Waals surface area contributed by atoms with Gasteiger partial charge in [-0.3, -0.25) is 4.99 Å². The van der Waals surface area contributed by atoms with Gasteiger partial charge >= 0.3 is 0 Å². The largest absolute Gasteiger partial charge is 0.496 e. The zero-order valence-electron chi connectivity index (χ0n) is 17.0. The van der Waals surface area contributed by atoms with Gasteiger partial charge in [0.1, 0.15) is 18.1 Å². The normalized spacial score (nSPS) is 10.8. The number of benzene rings is 2. The third-order valence-corrected chi connectivity index (χ3v) is 4.03. The Morgan fingerprint density at radius 3 is 2.50 bits per heavy atom. The van der Waals surface area contributed by atoms with Gasteiger partial charge in [-0.25, -0.2) is 0 Å². The fourth-order valence-electron chi connectivity index (χ4n) is 2.57. The van der Waals surface area contributed by atoms with E-state index in [9.17, 15) is 0 Å². The molecule has 0 aromatic heterocycles. The summed E-state index contributed by atoms with van der Waals surface area (Å²) < 4.78 is 16.1. The number of guanidine groups is 1. The summed E-state index contributed by atoms with van der Waals surface area (Å²) in [5.41, 5.74) is 3.37. The van der Waals surface area contributed by atoms with Gasteiger partial charge in [-0.05, 0) is 36.2 Å². The summed E-state index contributed by atoms with van der Waals surface area (Å²) in [6.07, 6.45) is 0. The maximum absolute atomic E-state index is 5.65. The smallest absolute Gasteiger partial charge is 0.191 e. The van der Waals surface area contributed by atoms with Crippen molar-refractivity contribution in [2.24, 2.45) is 4.99 Å². The summed E-state index contributed by atoms with van der Waals surface area (Å²) in [6.45, 7) is 4.43. The lowest BCUT2D eigenvalue weighted by atomic mass is 10.1. The molecule has 154 valence electrons. The molecule has 0 radical (unpaired) electrons. The van der Waals surface area contributed by atoms with Crippen LogP contribution < -0.4 is 20.1 Å². The van der Waals surface area contributed by atoms with E-state index in [4.69, 9.17) is 14.2 Å². The lowest BCUT2D eigenvalue weighted by Crippen LogP contribution is -2.36. The van der Waals surface area contributed by atoms with Gasteiger partial charge in [-0.15, -0.1) is 24.0 Å². The van der Waals surface area contributed by atoms with Gasteiger partial charge < -0.3 is 24.8 Å². The highest BCUT2D eigenvalue weighted by Crippen LogP contribution is 2.19. The van der Waals surface area contributed by atoms with Gasteiger partial charge in [0.15, 0.2) is 5.96 Å². The highest BCUT2D eigenvalue weighted by Gasteiger charge is 2.05. The second-order valence-electron chi connectivity index (χ2n) is 6.08. The van der Waals surface area contributed by atoms with Gasteiger partial charge in [0.25, 0.3) is 0 Å². The first-order valence-electron chi connectivity index (χ1n) is 8.95. The zero-order chi connectivity index (χ0) is 19.5. The van der Waals surface area contributed by atoms with Crippen molar-refractivity contribution in [2.45, 2.75) is 20.0 Å². The van der Waals surface area contributed by atoms with Crippen LogP contribution in [0.1, 0.15) is 16.7 Å². The molecule has 2 aromatic rings. The quantitative estimate of drug-likeness (QED) is 0.239. The third kappa shape index (κ3) is 7.93. The summed E-state index contributed by atoms with van der Waals surface area (Å²) in [4.78, 5) is 4.28. The van der Waals surface area contributed by atoms with Gasteiger partial charge in [-0.1, -0.05) is 24.3 Å². The first-order valence-corrected chi connectivity index (χ1v) is 8.95. The molecule has 0 saturated heterocycles. The fourth-order valence-corrected chi connectivity index (χ4v) is 2.57. The molecule has 2 N–H and O–H groups in total. The Hall–Kier alpha value is -2.00. The third-order valence-electron chi connectivity index (χ3n) is 4.03. The first kappa shape index (κ1) is 24.0. The van der Waals surface area contributed by atoms with Crippen molar-refractivity contribution >= 4 is 29.9 Å². The maximum Gasteiger partial charge on any atom is 0.191 e. The van der Waals surface area contributed by atoms with Crippen LogP contribution in [-0.4, -0.2) is 40.4 Å². The van der Waals surface area contributed by atoms with Crippen LogP contribution in [-0.2, 0) is 17.8 Å². The Morgan fingerprint density at radius 1 is 1.00 bits per heavy atom. The van der Waals surface area contributed by atoms with Crippen molar-refractivity contribution in [3.05, 3.63) is 59.2 Å². The Bertz CT molecular complexity index is 753. The molecule has 7 heteroatoms. The minimum absolute atomic E-state index is 0. The summed E-state index contributed by atoms with van der Waals surface area (Å²) in [7, 11) is 5.10. The number of methoxy groups -OCH3 is 2. The molecule has 0 unspecified atom stereocenters. The van der Waals surface area contributed by atoms with Crippen LogP contribution in [0.15, 0.2) is 47.5 Å². The first-order chi connectivity index (χ1) is 13.2. The van der Waals surface area contributed by atoms with Crippen LogP contribution in [0, 0.1) is 6.92 Å². The standard InChI is InChI=1S/C21H29N3O3.HI/c1-16-8-9-18(20(12-16)26-4)15-24-21(22-2)23-14-17-6-5-7-19(13-17)27-11-10-25-3;/h5-9,12-13H,10-11,14-15H2,1-4H3,(H2,22,23,24);1H. The average Bonchev–Trinajstić information content (AvgIpc) is 2.69. The number of nitrogens with zero attached hydrogens (tertiary/aromatic N) is 1. The minimum atomic E-state index is 0. The average molecular weight is 499 g/mol. The SMILES string of the molecule is CN=C(NCc1cccc(OCCOC)c1)NCc1ccc(C)cc1OC.I. The van der Waals surface area contributed by atoms with Crippen molar-refractivity contribution in [3.63, 3.8) is 0 Å². The van der Waals surface area contributed by atoms with E-state index in [0.29, 0.717) is 26.3 Å². The second-order valence-corrected chi connectivity index (χ2v) is 6.08. The van der Waals surface area contributed by atoms with Crippen LogP contribution in [0.5, 0.6) is 11.5 Å². The molecule has 0 spiro atoms. The zero-order valence-corrected chi connectivity index (χ0v) is 19.3. The molecule has 0 aliphatic rings. The van der Waals surface area contributed by atoms with Crippen LogP contribution in [0.4, 0.5) is 0 Å². The number of ether oxygens (including phenoxy) is 3. The molecular weight excluding hydrogens is 469 g/mol. The summed E-state index contributed by atoms with van der Waals surface area (Å²) >= 11 is 0. The van der Waals surface area contributed by atoms with E-state index in [1.165, 1.54) is 5.56 Å². The predicted molar refractivity (Wildman–Crippen MR) is 124 cm³/mol. The van der Waals surface area contributed by atoms with Crippen LogP contribution >= 0.6 is 24.0 Å². The van der Waals surface area contributed by atoms with E-state index in [1.807, 2.05) is 37.3 Å². The Morgan fingerprint density at radius 2 is 1.79 bits per heavy atom. The number of halogens is 1. The summed E-state index contributed by atoms with van der Waals surface area (Å²) in [6, 6.07) is 14.1. The molecule has 6 nitrogen and oxygen atoms in total. The van der Waals surface area contributed by atoms with Gasteiger partial charge in [0.05, 0.1) is 13.7 Å². The van der Waals surface area contributed by atoms with Gasteiger partial charge in [-0.2, -0.15) is 0 Å². The second kappa shape index (κ2) is 13.2. The van der Waals surface area contributed by atoms with Crippen LogP contribution in [0.3, 0.4) is 0 Å². The molecule has 0 aliphatic carbocycles. The number of aryl methyl sites for hydroxylation is 1. The van der Waals surface area contributed by atoms with Crippen molar-refractivity contribution in [1.82, 2.24) is 10.6 Å². The molecule has 2 rings (SSSR count). The monoisotopic (exact) mass is 499 g/mol. The van der Waals surface area contributed by atoms with E-state index >= 15 is 0 Å². The molecule has 0 saturated carbocycles. The highest BCUT2D eigenvalue weighted by molar-refractivity contribution is 14.0. The molecule has 2 aromatic carbocycles. The number of hydrogen-bond donors (Lipinski definition) is 2. The van der Waals surface area contributed by atoms with Crippen molar-refractivity contribution in [2.75, 3.05) is 34.5 Å². The number of hydrogen-bond acceptors (Lipinski definition) is 4. The number of aliphatic imine (C=N–C) groups is 1. The van der Waals surface area contributed by atoms with E-state index in [-0.39, 0.29) is 24.0 Å². The lowest BCUT2D eigenvalue weighted by molar-refractivity contribution is 0.146. The molecule has 0 amide bonds. The van der Waals surface area contributed by atoms with Crippen LogP contribution in [0.2, 0.25) is 0 Å². The summed E-state index contributed by atoms with van der Waals surface area (Å²) in [5.74, 6) is 2.43. The van der Waals surface area contributed by atoms with Gasteiger partial charge in [0, 0.05) is 32.8 Å². The van der Waals surface area contributed by atoms with Crippen molar-refractivity contribution in [3.8, 4) is 11.5 Å². The molecule has 0 fully saturated rings. The predicted octanol–water partition coefficient (Wildman–Crippen LogP) is 3.51. The van der Waals surface area contributed by atoms with Gasteiger partial charge in [0.2, 0.25) is 0 Å². The molecule has 0 heterocycles. The molecular formula is C21H30IN3O3. The van der Waals surface area contributed by atoms with E-state index in [2.05, 4.69) is 27.8 Å². The topological polar surface area (TPSA) is 64.1 Å². The van der Waals surface area contributed by atoms with Crippen molar-refractivity contribution < 1.29 is 14.2 Å². The summed E-state index contributed by atoms with van der Waals surface area (Å²) in [5, 5.41) is 6.63. The Kier molecular flexibility index (Phi) is 11.4. The lowest BCUT2D eigenvalue weighted by Gasteiger charge is -2.14. The number of rotatable bonds is 9. The van der Waals surface area contributed by atoms with Crippen LogP contribution in [0.25, 0.3) is 0 Å². The molecule has 0 aliphatic heterocycles. The Labute approximate surface area is 184 Å². The minimum Gasteiger partial charge on any atom is -0.496 e. The highest BCUT2D eigenvalue weighted by atomic mass is 127. The van der Waals surface area contributed by atoms with E-state index < -0.39 is 0 Å². The molecule has 0 atom stereocenters. The fraction of sp³-hybridized carbons (Fsp3) is 0.381.